The second-order valence-corrected chi connectivity index (χ2v) is 3.95. The molecule has 0 unspecified atom stereocenters. The predicted octanol–water partition coefficient (Wildman–Crippen LogP) is -5.50. The van der Waals surface area contributed by atoms with Crippen molar-refractivity contribution in [1.82, 2.24) is 0 Å². The molecule has 0 bridgehead atoms. The van der Waals surface area contributed by atoms with Gasteiger partial charge < -0.3 is 46.0 Å². The third-order valence-electron chi connectivity index (χ3n) is 2.56. The molecular formula is C9H20O9. The van der Waals surface area contributed by atoms with Gasteiger partial charge >= 0.3 is 0 Å². The van der Waals surface area contributed by atoms with Crippen LogP contribution in [-0.4, -0.2) is 102 Å². The zero-order valence-electron chi connectivity index (χ0n) is 9.48. The maximum absolute atomic E-state index is 9.41. The molecule has 9 heteroatoms. The Bertz CT molecular complexity index is 204. The number of rotatable bonds is 8. The Labute approximate surface area is 103 Å². The van der Waals surface area contributed by atoms with Crippen molar-refractivity contribution in [2.24, 2.45) is 0 Å². The highest BCUT2D eigenvalue weighted by Crippen LogP contribution is 2.12. The van der Waals surface area contributed by atoms with Gasteiger partial charge in [-0.25, -0.2) is 0 Å². The molecule has 0 aliphatic carbocycles. The first kappa shape index (κ1) is 17.6. The zero-order chi connectivity index (χ0) is 14.5. The lowest BCUT2D eigenvalue weighted by atomic mass is 9.94. The van der Waals surface area contributed by atoms with E-state index in [-0.39, 0.29) is 0 Å². The first-order valence-corrected chi connectivity index (χ1v) is 5.26. The van der Waals surface area contributed by atoms with E-state index in [1.807, 2.05) is 0 Å². The summed E-state index contributed by atoms with van der Waals surface area (Å²) in [5.74, 6) is 0. The summed E-state index contributed by atoms with van der Waals surface area (Å²) in [5.41, 5.74) is 0. The van der Waals surface area contributed by atoms with Crippen molar-refractivity contribution in [2.45, 2.75) is 42.7 Å². The summed E-state index contributed by atoms with van der Waals surface area (Å²) < 4.78 is 0. The molecule has 0 radical (unpaired) electrons. The molecule has 18 heavy (non-hydrogen) atoms. The molecule has 0 fully saturated rings. The van der Waals surface area contributed by atoms with Crippen molar-refractivity contribution in [1.29, 1.82) is 0 Å². The Morgan fingerprint density at radius 1 is 0.444 bits per heavy atom. The van der Waals surface area contributed by atoms with Gasteiger partial charge in [0.05, 0.1) is 13.2 Å². The van der Waals surface area contributed by atoms with Gasteiger partial charge in [-0.1, -0.05) is 0 Å². The van der Waals surface area contributed by atoms with Crippen LogP contribution in [0.5, 0.6) is 0 Å². The fourth-order valence-electron chi connectivity index (χ4n) is 1.28. The summed E-state index contributed by atoms with van der Waals surface area (Å²) in [4.78, 5) is 0. The molecule has 0 rings (SSSR count). The summed E-state index contributed by atoms with van der Waals surface area (Å²) in [7, 11) is 0. The highest BCUT2D eigenvalue weighted by molar-refractivity contribution is 4.89. The molecule has 7 atom stereocenters. The zero-order valence-corrected chi connectivity index (χ0v) is 9.48. The van der Waals surface area contributed by atoms with Gasteiger partial charge in [0.15, 0.2) is 0 Å². The van der Waals surface area contributed by atoms with Crippen molar-refractivity contribution < 1.29 is 46.0 Å². The van der Waals surface area contributed by atoms with Gasteiger partial charge in [-0.15, -0.1) is 0 Å². The summed E-state index contributed by atoms with van der Waals surface area (Å²) in [5, 5.41) is 81.8. The highest BCUT2D eigenvalue weighted by Gasteiger charge is 2.38. The van der Waals surface area contributed by atoms with E-state index in [1.54, 1.807) is 0 Å². The van der Waals surface area contributed by atoms with E-state index in [1.165, 1.54) is 0 Å². The minimum Gasteiger partial charge on any atom is -0.394 e. The summed E-state index contributed by atoms with van der Waals surface area (Å²) in [6.45, 7) is -1.77. The summed E-state index contributed by atoms with van der Waals surface area (Å²) in [6.07, 6.45) is -13.7. The molecule has 0 aromatic heterocycles. The topological polar surface area (TPSA) is 182 Å². The van der Waals surface area contributed by atoms with Gasteiger partial charge in [-0.3, -0.25) is 0 Å². The second kappa shape index (κ2) is 7.94. The second-order valence-electron chi connectivity index (χ2n) is 3.95. The predicted molar refractivity (Wildman–Crippen MR) is 56.2 cm³/mol. The lowest BCUT2D eigenvalue weighted by Crippen LogP contribution is -2.55. The Kier molecular flexibility index (Phi) is 7.78. The maximum atomic E-state index is 9.41. The fraction of sp³-hybridized carbons (Fsp3) is 1.00. The molecule has 0 saturated carbocycles. The van der Waals surface area contributed by atoms with Crippen LogP contribution >= 0.6 is 0 Å². The maximum Gasteiger partial charge on any atom is 0.111 e. The lowest BCUT2D eigenvalue weighted by molar-refractivity contribution is -0.172. The summed E-state index contributed by atoms with van der Waals surface area (Å²) in [6, 6.07) is 0. The molecule has 0 saturated heterocycles. The van der Waals surface area contributed by atoms with E-state index in [9.17, 15) is 25.5 Å². The van der Waals surface area contributed by atoms with Gasteiger partial charge in [0, 0.05) is 0 Å². The molecule has 0 amide bonds. The van der Waals surface area contributed by atoms with Crippen LogP contribution in [-0.2, 0) is 0 Å². The highest BCUT2D eigenvalue weighted by atomic mass is 16.4. The fourth-order valence-corrected chi connectivity index (χ4v) is 1.28. The van der Waals surface area contributed by atoms with Crippen LogP contribution in [0.25, 0.3) is 0 Å². The molecule has 0 heterocycles. The standard InChI is InChI=1S/C9H20O9/c10-1-3(12)5(14)7(16)9(18)8(17)6(15)4(13)2-11/h3-18H,1-2H2/t3-,4-,5-,6+,7+,8+,9+/m1/s1. The van der Waals surface area contributed by atoms with E-state index >= 15 is 0 Å². The van der Waals surface area contributed by atoms with Gasteiger partial charge in [0.1, 0.15) is 42.7 Å². The molecule has 0 aliphatic rings. The number of hydrogen-bond acceptors (Lipinski definition) is 9. The quantitative estimate of drug-likeness (QED) is 0.208. The van der Waals surface area contributed by atoms with Crippen LogP contribution in [0, 0.1) is 0 Å². The van der Waals surface area contributed by atoms with Crippen LogP contribution in [0.4, 0.5) is 0 Å². The van der Waals surface area contributed by atoms with E-state index in [0.717, 1.165) is 0 Å². The van der Waals surface area contributed by atoms with Crippen molar-refractivity contribution in [3.63, 3.8) is 0 Å². The van der Waals surface area contributed by atoms with E-state index < -0.39 is 55.9 Å². The molecule has 9 N–H and O–H groups in total. The minimum atomic E-state index is -2.10. The lowest BCUT2D eigenvalue weighted by Gasteiger charge is -2.31. The van der Waals surface area contributed by atoms with Gasteiger partial charge in [-0.2, -0.15) is 0 Å². The van der Waals surface area contributed by atoms with Crippen LogP contribution in [0.1, 0.15) is 0 Å². The van der Waals surface area contributed by atoms with Crippen molar-refractivity contribution in [3.8, 4) is 0 Å². The van der Waals surface area contributed by atoms with Gasteiger partial charge in [0.25, 0.3) is 0 Å². The Morgan fingerprint density at radius 2 is 0.667 bits per heavy atom. The van der Waals surface area contributed by atoms with Gasteiger partial charge in [-0.05, 0) is 0 Å². The Hall–Kier alpha value is -0.360. The van der Waals surface area contributed by atoms with Crippen molar-refractivity contribution >= 4 is 0 Å². The molecule has 110 valence electrons. The Balaban J connectivity index is 4.57. The van der Waals surface area contributed by atoms with Gasteiger partial charge in [0.2, 0.25) is 0 Å². The molecule has 9 nitrogen and oxygen atoms in total. The first-order valence-electron chi connectivity index (χ1n) is 5.26. The van der Waals surface area contributed by atoms with Crippen LogP contribution in [0.15, 0.2) is 0 Å². The number of hydrogen-bond donors (Lipinski definition) is 9. The molecular weight excluding hydrogens is 252 g/mol. The van der Waals surface area contributed by atoms with Crippen molar-refractivity contribution in [3.05, 3.63) is 0 Å². The summed E-state index contributed by atoms with van der Waals surface area (Å²) >= 11 is 0. The smallest absolute Gasteiger partial charge is 0.111 e. The third-order valence-corrected chi connectivity index (χ3v) is 2.56. The molecule has 0 aromatic rings. The monoisotopic (exact) mass is 272 g/mol. The van der Waals surface area contributed by atoms with Crippen LogP contribution in [0.2, 0.25) is 0 Å². The average molecular weight is 272 g/mol. The SMILES string of the molecule is OC[C@@H](O)[C@H](O)[C@H](O)[C@@H](O)[C@@H](O)[C@H](O)[C@H](O)CO. The molecule has 0 spiro atoms. The van der Waals surface area contributed by atoms with Crippen LogP contribution in [0.3, 0.4) is 0 Å². The van der Waals surface area contributed by atoms with Crippen LogP contribution < -0.4 is 0 Å². The largest absolute Gasteiger partial charge is 0.394 e. The normalized spacial score (nSPS) is 23.8. The van der Waals surface area contributed by atoms with E-state index in [2.05, 4.69) is 0 Å². The Morgan fingerprint density at radius 3 is 0.889 bits per heavy atom. The third kappa shape index (κ3) is 4.39. The van der Waals surface area contributed by atoms with Crippen molar-refractivity contribution in [2.75, 3.05) is 13.2 Å². The van der Waals surface area contributed by atoms with E-state index in [4.69, 9.17) is 20.4 Å². The van der Waals surface area contributed by atoms with E-state index in [0.29, 0.717) is 0 Å². The molecule has 0 aromatic carbocycles. The number of aliphatic hydroxyl groups excluding tert-OH is 9. The number of aliphatic hydroxyl groups is 9. The average Bonchev–Trinajstić information content (AvgIpc) is 2.40. The molecule has 0 aliphatic heterocycles. The minimum absolute atomic E-state index is 0.886. The first-order chi connectivity index (χ1) is 8.27.